The molecule has 0 saturated carbocycles. The van der Waals surface area contributed by atoms with Crippen LogP contribution in [0.5, 0.6) is 0 Å². The van der Waals surface area contributed by atoms with Crippen LogP contribution in [0.1, 0.15) is 32.8 Å². The number of rotatable bonds is 6. The lowest BCUT2D eigenvalue weighted by atomic mass is 9.99. The molecule has 0 spiro atoms. The van der Waals surface area contributed by atoms with E-state index in [0.29, 0.717) is 6.54 Å². The van der Waals surface area contributed by atoms with Gasteiger partial charge in [0.2, 0.25) is 11.8 Å². The Balaban J connectivity index is 0.00000400. The van der Waals surface area contributed by atoms with Gasteiger partial charge in [0.05, 0.1) is 6.04 Å². The minimum atomic E-state index is -0.473. The summed E-state index contributed by atoms with van der Waals surface area (Å²) in [7, 11) is 0. The Morgan fingerprint density at radius 3 is 2.29 bits per heavy atom. The summed E-state index contributed by atoms with van der Waals surface area (Å²) < 4.78 is 0. The van der Waals surface area contributed by atoms with E-state index in [1.165, 1.54) is 6.92 Å². The molecule has 1 aromatic carbocycles. The molecular formula is C15H24ClN3O2. The molecule has 118 valence electrons. The molecule has 21 heavy (non-hydrogen) atoms. The van der Waals surface area contributed by atoms with E-state index in [1.54, 1.807) is 12.1 Å². The van der Waals surface area contributed by atoms with Crippen molar-refractivity contribution in [3.63, 3.8) is 0 Å². The number of carbonyl (C=O) groups is 2. The Labute approximate surface area is 132 Å². The summed E-state index contributed by atoms with van der Waals surface area (Å²) >= 11 is 0. The third-order valence-corrected chi connectivity index (χ3v) is 3.30. The third kappa shape index (κ3) is 6.60. The lowest BCUT2D eigenvalue weighted by Gasteiger charge is -2.17. The minimum absolute atomic E-state index is 0. The molecule has 0 aliphatic heterocycles. The normalized spacial score (nSPS) is 12.8. The van der Waals surface area contributed by atoms with Crippen molar-refractivity contribution < 1.29 is 9.59 Å². The van der Waals surface area contributed by atoms with E-state index in [-0.39, 0.29) is 30.1 Å². The zero-order chi connectivity index (χ0) is 15.1. The summed E-state index contributed by atoms with van der Waals surface area (Å²) in [5, 5.41) is 5.51. The Morgan fingerprint density at radius 1 is 1.24 bits per heavy atom. The number of hydrogen-bond donors (Lipinski definition) is 3. The highest BCUT2D eigenvalue weighted by molar-refractivity contribution is 5.88. The van der Waals surface area contributed by atoms with Crippen molar-refractivity contribution >= 4 is 29.9 Å². The smallest absolute Gasteiger partial charge is 0.237 e. The van der Waals surface area contributed by atoms with E-state index >= 15 is 0 Å². The van der Waals surface area contributed by atoms with Crippen LogP contribution in [0.4, 0.5) is 5.69 Å². The molecule has 0 bridgehead atoms. The van der Waals surface area contributed by atoms with E-state index in [2.05, 4.69) is 10.6 Å². The largest absolute Gasteiger partial charge is 0.351 e. The van der Waals surface area contributed by atoms with Gasteiger partial charge in [-0.25, -0.2) is 0 Å². The predicted octanol–water partition coefficient (Wildman–Crippen LogP) is 2.06. The fraction of sp³-hybridized carbons (Fsp3) is 0.467. The summed E-state index contributed by atoms with van der Waals surface area (Å²) in [5.74, 6) is -0.0759. The monoisotopic (exact) mass is 313 g/mol. The van der Waals surface area contributed by atoms with Gasteiger partial charge in [-0.3, -0.25) is 9.59 Å². The number of halogens is 1. The van der Waals surface area contributed by atoms with E-state index in [0.717, 1.165) is 17.7 Å². The zero-order valence-electron chi connectivity index (χ0n) is 12.7. The number of nitrogens with one attached hydrogen (secondary N) is 2. The third-order valence-electron chi connectivity index (χ3n) is 3.30. The molecule has 0 aliphatic rings. The van der Waals surface area contributed by atoms with Gasteiger partial charge in [0.15, 0.2) is 0 Å². The summed E-state index contributed by atoms with van der Waals surface area (Å²) in [6, 6.07) is 6.86. The van der Waals surface area contributed by atoms with Gasteiger partial charge >= 0.3 is 0 Å². The van der Waals surface area contributed by atoms with Gasteiger partial charge in [0.25, 0.3) is 0 Å². The molecule has 5 nitrogen and oxygen atoms in total. The first-order chi connectivity index (χ1) is 9.43. The maximum absolute atomic E-state index is 11.8. The van der Waals surface area contributed by atoms with E-state index in [1.807, 2.05) is 26.0 Å². The van der Waals surface area contributed by atoms with Crippen LogP contribution in [-0.4, -0.2) is 17.9 Å². The second kappa shape index (κ2) is 9.37. The second-order valence-electron chi connectivity index (χ2n) is 5.01. The average Bonchev–Trinajstić information content (AvgIpc) is 2.44. The highest BCUT2D eigenvalue weighted by atomic mass is 35.5. The number of nitrogens with two attached hydrogens (primary N) is 1. The lowest BCUT2D eigenvalue weighted by molar-refractivity contribution is -0.123. The number of benzene rings is 1. The molecule has 0 radical (unpaired) electrons. The average molecular weight is 314 g/mol. The van der Waals surface area contributed by atoms with Crippen molar-refractivity contribution in [2.24, 2.45) is 11.7 Å². The molecule has 4 N–H and O–H groups in total. The summed E-state index contributed by atoms with van der Waals surface area (Å²) in [4.78, 5) is 22.7. The first-order valence-electron chi connectivity index (χ1n) is 6.83. The predicted molar refractivity (Wildman–Crippen MR) is 87.3 cm³/mol. The molecule has 0 saturated heterocycles. The van der Waals surface area contributed by atoms with Gasteiger partial charge in [0.1, 0.15) is 0 Å². The summed E-state index contributed by atoms with van der Waals surface area (Å²) in [6.45, 7) is 5.87. The number of anilines is 1. The maximum atomic E-state index is 11.8. The zero-order valence-corrected chi connectivity index (χ0v) is 13.5. The van der Waals surface area contributed by atoms with Gasteiger partial charge in [0, 0.05) is 19.2 Å². The standard InChI is InChI=1S/C15H23N3O2.ClH/c1-4-10(2)14(16)15(20)17-9-12-5-7-13(8-6-12)18-11(3)19;/h5-8,10,14H,4,9,16H2,1-3H3,(H,17,20)(H,18,19);1H. The molecule has 2 amide bonds. The number of amides is 2. The highest BCUT2D eigenvalue weighted by Gasteiger charge is 2.18. The van der Waals surface area contributed by atoms with Gasteiger partial charge in [-0.1, -0.05) is 32.4 Å². The fourth-order valence-electron chi connectivity index (χ4n) is 1.73. The van der Waals surface area contributed by atoms with Crippen molar-refractivity contribution in [2.45, 2.75) is 39.8 Å². The second-order valence-corrected chi connectivity index (χ2v) is 5.01. The molecule has 2 atom stereocenters. The fourth-order valence-corrected chi connectivity index (χ4v) is 1.73. The van der Waals surface area contributed by atoms with Crippen molar-refractivity contribution in [3.05, 3.63) is 29.8 Å². The van der Waals surface area contributed by atoms with Crippen LogP contribution in [0.15, 0.2) is 24.3 Å². The molecule has 0 heterocycles. The van der Waals surface area contributed by atoms with Crippen LogP contribution in [0.2, 0.25) is 0 Å². The number of carbonyl (C=O) groups excluding carboxylic acids is 2. The van der Waals surface area contributed by atoms with Crippen LogP contribution in [-0.2, 0) is 16.1 Å². The first kappa shape index (κ1) is 19.4. The lowest BCUT2D eigenvalue weighted by Crippen LogP contribution is -2.44. The van der Waals surface area contributed by atoms with E-state index in [4.69, 9.17) is 5.73 Å². The molecule has 0 fully saturated rings. The van der Waals surface area contributed by atoms with Crippen LogP contribution in [0.25, 0.3) is 0 Å². The molecular weight excluding hydrogens is 290 g/mol. The van der Waals surface area contributed by atoms with Crippen molar-refractivity contribution in [1.29, 1.82) is 0 Å². The molecule has 0 aromatic heterocycles. The van der Waals surface area contributed by atoms with Crippen LogP contribution >= 0.6 is 12.4 Å². The van der Waals surface area contributed by atoms with Crippen molar-refractivity contribution in [2.75, 3.05) is 5.32 Å². The van der Waals surface area contributed by atoms with E-state index in [9.17, 15) is 9.59 Å². The molecule has 1 aromatic rings. The highest BCUT2D eigenvalue weighted by Crippen LogP contribution is 2.10. The molecule has 0 aliphatic carbocycles. The van der Waals surface area contributed by atoms with Gasteiger partial charge in [-0.2, -0.15) is 0 Å². The summed E-state index contributed by atoms with van der Waals surface area (Å²) in [5.41, 5.74) is 7.56. The Hall–Kier alpha value is -1.59. The SMILES string of the molecule is CCC(C)C(N)C(=O)NCc1ccc(NC(C)=O)cc1.Cl. The van der Waals surface area contributed by atoms with Crippen LogP contribution in [0, 0.1) is 5.92 Å². The maximum Gasteiger partial charge on any atom is 0.237 e. The van der Waals surface area contributed by atoms with Gasteiger partial charge in [-0.05, 0) is 23.6 Å². The van der Waals surface area contributed by atoms with E-state index < -0.39 is 6.04 Å². The Kier molecular flexibility index (Phi) is 8.66. The first-order valence-corrected chi connectivity index (χ1v) is 6.83. The van der Waals surface area contributed by atoms with Crippen LogP contribution < -0.4 is 16.4 Å². The van der Waals surface area contributed by atoms with Crippen molar-refractivity contribution in [3.8, 4) is 0 Å². The Morgan fingerprint density at radius 2 is 1.81 bits per heavy atom. The molecule has 6 heteroatoms. The quantitative estimate of drug-likeness (QED) is 0.751. The molecule has 2 unspecified atom stereocenters. The Bertz CT molecular complexity index is 462. The van der Waals surface area contributed by atoms with Crippen molar-refractivity contribution in [1.82, 2.24) is 5.32 Å². The summed E-state index contributed by atoms with van der Waals surface area (Å²) in [6.07, 6.45) is 0.875. The van der Waals surface area contributed by atoms with Crippen LogP contribution in [0.3, 0.4) is 0 Å². The van der Waals surface area contributed by atoms with Gasteiger partial charge < -0.3 is 16.4 Å². The topological polar surface area (TPSA) is 84.2 Å². The number of hydrogen-bond acceptors (Lipinski definition) is 3. The van der Waals surface area contributed by atoms with Gasteiger partial charge in [-0.15, -0.1) is 12.4 Å². The minimum Gasteiger partial charge on any atom is -0.351 e. The molecule has 1 rings (SSSR count).